The summed E-state index contributed by atoms with van der Waals surface area (Å²) in [4.78, 5) is 15.3. The first-order chi connectivity index (χ1) is 13.2. The van der Waals surface area contributed by atoms with Gasteiger partial charge < -0.3 is 15.0 Å². The van der Waals surface area contributed by atoms with E-state index in [0.29, 0.717) is 49.7 Å². The Kier molecular flexibility index (Phi) is 4.88. The minimum absolute atomic E-state index is 0.166. The highest BCUT2D eigenvalue weighted by atomic mass is 19.1. The third-order valence-electron chi connectivity index (χ3n) is 3.99. The van der Waals surface area contributed by atoms with Crippen LogP contribution in [0.2, 0.25) is 0 Å². The lowest BCUT2D eigenvalue weighted by Gasteiger charge is -2.27. The third kappa shape index (κ3) is 4.17. The molecule has 1 saturated heterocycles. The number of morpholine rings is 1. The number of hydrogen-bond donors (Lipinski definition) is 1. The topological polar surface area (TPSA) is 81.0 Å². The van der Waals surface area contributed by atoms with E-state index in [2.05, 4.69) is 25.4 Å². The molecule has 0 spiro atoms. The van der Waals surface area contributed by atoms with E-state index < -0.39 is 11.6 Å². The number of benzene rings is 1. The Morgan fingerprint density at radius 3 is 2.44 bits per heavy atom. The fraction of sp³-hybridized carbons (Fsp3) is 0.294. The second kappa shape index (κ2) is 7.62. The molecule has 8 nitrogen and oxygen atoms in total. The molecule has 1 aliphatic rings. The van der Waals surface area contributed by atoms with Crippen molar-refractivity contribution < 1.29 is 13.5 Å². The molecule has 0 atom stereocenters. The van der Waals surface area contributed by atoms with Crippen molar-refractivity contribution >= 4 is 11.9 Å². The molecule has 1 aliphatic heterocycles. The predicted molar refractivity (Wildman–Crippen MR) is 93.7 cm³/mol. The Bertz CT molecular complexity index is 893. The highest BCUT2D eigenvalue weighted by Gasteiger charge is 2.17. The zero-order valence-corrected chi connectivity index (χ0v) is 14.3. The molecular formula is C17H17F2N7O. The van der Waals surface area contributed by atoms with E-state index in [1.165, 1.54) is 16.8 Å². The average molecular weight is 373 g/mol. The lowest BCUT2D eigenvalue weighted by Crippen LogP contribution is -2.37. The molecule has 10 heteroatoms. The number of aromatic nitrogens is 5. The molecule has 2 aromatic heterocycles. The van der Waals surface area contributed by atoms with Crippen LogP contribution in [-0.2, 0) is 11.3 Å². The first-order valence-corrected chi connectivity index (χ1v) is 8.45. The summed E-state index contributed by atoms with van der Waals surface area (Å²) >= 11 is 0. The van der Waals surface area contributed by atoms with Crippen LogP contribution in [0.5, 0.6) is 0 Å². The maximum Gasteiger partial charge on any atom is 0.257 e. The van der Waals surface area contributed by atoms with E-state index >= 15 is 0 Å². The third-order valence-corrected chi connectivity index (χ3v) is 3.99. The second-order valence-corrected chi connectivity index (χ2v) is 5.94. The van der Waals surface area contributed by atoms with Gasteiger partial charge in [-0.25, -0.2) is 13.5 Å². The van der Waals surface area contributed by atoms with Gasteiger partial charge in [0.1, 0.15) is 11.6 Å². The summed E-state index contributed by atoms with van der Waals surface area (Å²) < 4.78 is 33.6. The Morgan fingerprint density at radius 1 is 1.00 bits per heavy atom. The molecule has 0 amide bonds. The fourth-order valence-corrected chi connectivity index (χ4v) is 2.72. The molecule has 140 valence electrons. The fourth-order valence-electron chi connectivity index (χ4n) is 2.72. The quantitative estimate of drug-likeness (QED) is 0.730. The van der Waals surface area contributed by atoms with Crippen LogP contribution >= 0.6 is 0 Å². The molecule has 0 aliphatic carbocycles. The highest BCUT2D eigenvalue weighted by molar-refractivity contribution is 5.41. The van der Waals surface area contributed by atoms with E-state index in [-0.39, 0.29) is 6.54 Å². The van der Waals surface area contributed by atoms with Crippen LogP contribution in [0.4, 0.5) is 20.7 Å². The van der Waals surface area contributed by atoms with Gasteiger partial charge in [0.2, 0.25) is 11.9 Å². The van der Waals surface area contributed by atoms with Crippen molar-refractivity contribution in [2.75, 3.05) is 36.5 Å². The van der Waals surface area contributed by atoms with Gasteiger partial charge in [0.15, 0.2) is 0 Å². The highest BCUT2D eigenvalue weighted by Crippen LogP contribution is 2.16. The number of nitrogens with one attached hydrogen (secondary N) is 1. The monoisotopic (exact) mass is 373 g/mol. The van der Waals surface area contributed by atoms with Crippen molar-refractivity contribution in [3.63, 3.8) is 0 Å². The van der Waals surface area contributed by atoms with Crippen molar-refractivity contribution in [3.05, 3.63) is 53.9 Å². The Hall–Kier alpha value is -3.14. The SMILES string of the molecule is Fc1cc(F)cc(CNc2nc(N3CCOCC3)nc(-n3cccn3)n2)c1. The molecule has 3 heterocycles. The van der Waals surface area contributed by atoms with E-state index in [1.54, 1.807) is 18.5 Å². The standard InChI is InChI=1S/C17H17F2N7O/c18-13-8-12(9-14(19)10-13)11-20-15-22-16(25-4-6-27-7-5-25)24-17(23-15)26-3-1-2-21-26/h1-3,8-10H,4-7,11H2,(H,20,22,23,24). The van der Waals surface area contributed by atoms with Gasteiger partial charge in [0.05, 0.1) is 13.2 Å². The van der Waals surface area contributed by atoms with Crippen molar-refractivity contribution in [2.24, 2.45) is 0 Å². The maximum absolute atomic E-state index is 13.4. The number of anilines is 2. The van der Waals surface area contributed by atoms with Crippen LogP contribution < -0.4 is 10.2 Å². The van der Waals surface area contributed by atoms with Crippen LogP contribution in [0.25, 0.3) is 5.95 Å². The first kappa shape index (κ1) is 17.3. The largest absolute Gasteiger partial charge is 0.378 e. The summed E-state index contributed by atoms with van der Waals surface area (Å²) in [6, 6.07) is 5.11. The average Bonchev–Trinajstić information content (AvgIpc) is 3.21. The molecule has 3 aromatic rings. The molecule has 0 saturated carbocycles. The number of nitrogens with zero attached hydrogens (tertiary/aromatic N) is 6. The first-order valence-electron chi connectivity index (χ1n) is 8.45. The van der Waals surface area contributed by atoms with Crippen LogP contribution in [0.3, 0.4) is 0 Å². The van der Waals surface area contributed by atoms with E-state index in [4.69, 9.17) is 4.74 Å². The van der Waals surface area contributed by atoms with E-state index in [0.717, 1.165) is 6.07 Å². The number of ether oxygens (including phenoxy) is 1. The zero-order valence-electron chi connectivity index (χ0n) is 14.3. The van der Waals surface area contributed by atoms with Crippen molar-refractivity contribution in [2.45, 2.75) is 6.54 Å². The smallest absolute Gasteiger partial charge is 0.257 e. The maximum atomic E-state index is 13.4. The van der Waals surface area contributed by atoms with Gasteiger partial charge in [0.25, 0.3) is 5.95 Å². The number of rotatable bonds is 5. The van der Waals surface area contributed by atoms with Crippen molar-refractivity contribution in [3.8, 4) is 5.95 Å². The van der Waals surface area contributed by atoms with Gasteiger partial charge in [-0.2, -0.15) is 20.1 Å². The van der Waals surface area contributed by atoms with E-state index in [9.17, 15) is 8.78 Å². The molecule has 1 N–H and O–H groups in total. The lowest BCUT2D eigenvalue weighted by atomic mass is 10.2. The zero-order chi connectivity index (χ0) is 18.6. The molecular weight excluding hydrogens is 356 g/mol. The summed E-state index contributed by atoms with van der Waals surface area (Å²) in [7, 11) is 0. The van der Waals surface area contributed by atoms with Crippen molar-refractivity contribution in [1.82, 2.24) is 24.7 Å². The minimum Gasteiger partial charge on any atom is -0.378 e. The molecule has 0 unspecified atom stereocenters. The molecule has 27 heavy (non-hydrogen) atoms. The lowest BCUT2D eigenvalue weighted by molar-refractivity contribution is 0.122. The summed E-state index contributed by atoms with van der Waals surface area (Å²) in [5.74, 6) is -0.125. The Labute approximate surface area is 153 Å². The summed E-state index contributed by atoms with van der Waals surface area (Å²) in [6.45, 7) is 2.68. The van der Waals surface area contributed by atoms with Crippen LogP contribution in [0.1, 0.15) is 5.56 Å². The Balaban J connectivity index is 1.61. The van der Waals surface area contributed by atoms with Crippen LogP contribution in [0.15, 0.2) is 36.7 Å². The summed E-state index contributed by atoms with van der Waals surface area (Å²) in [6.07, 6.45) is 3.35. The van der Waals surface area contributed by atoms with Gasteiger partial charge in [-0.05, 0) is 23.8 Å². The number of halogens is 2. The van der Waals surface area contributed by atoms with Gasteiger partial charge in [-0.15, -0.1) is 0 Å². The summed E-state index contributed by atoms with van der Waals surface area (Å²) in [5.41, 5.74) is 0.446. The van der Waals surface area contributed by atoms with Gasteiger partial charge in [-0.1, -0.05) is 0 Å². The van der Waals surface area contributed by atoms with Crippen LogP contribution in [-0.4, -0.2) is 51.0 Å². The normalized spacial score (nSPS) is 14.4. The number of hydrogen-bond acceptors (Lipinski definition) is 7. The van der Waals surface area contributed by atoms with Gasteiger partial charge in [0, 0.05) is 38.1 Å². The van der Waals surface area contributed by atoms with Gasteiger partial charge >= 0.3 is 0 Å². The molecule has 4 rings (SSSR count). The molecule has 0 radical (unpaired) electrons. The van der Waals surface area contributed by atoms with Crippen LogP contribution in [0, 0.1) is 11.6 Å². The molecule has 1 fully saturated rings. The molecule has 1 aromatic carbocycles. The Morgan fingerprint density at radius 2 is 1.74 bits per heavy atom. The van der Waals surface area contributed by atoms with Gasteiger partial charge in [-0.3, -0.25) is 0 Å². The van der Waals surface area contributed by atoms with Crippen molar-refractivity contribution in [1.29, 1.82) is 0 Å². The summed E-state index contributed by atoms with van der Waals surface area (Å²) in [5, 5.41) is 7.15. The second-order valence-electron chi connectivity index (χ2n) is 5.94. The molecule has 0 bridgehead atoms. The predicted octanol–water partition coefficient (Wildman–Crippen LogP) is 1.78. The minimum atomic E-state index is -0.631. The van der Waals surface area contributed by atoms with E-state index in [1.807, 2.05) is 4.90 Å².